The molecule has 24 heavy (non-hydrogen) atoms. The van der Waals surface area contributed by atoms with Crippen LogP contribution in [0.5, 0.6) is 0 Å². The van der Waals surface area contributed by atoms with E-state index >= 15 is 0 Å². The van der Waals surface area contributed by atoms with Crippen LogP contribution in [0.2, 0.25) is 0 Å². The maximum Gasteiger partial charge on any atom is 0.231 e. The van der Waals surface area contributed by atoms with Crippen LogP contribution in [-0.4, -0.2) is 29.0 Å². The van der Waals surface area contributed by atoms with Gasteiger partial charge in [-0.1, -0.05) is 23.5 Å². The number of benzene rings is 1. The predicted octanol–water partition coefficient (Wildman–Crippen LogP) is 3.92. The molecule has 2 aromatic heterocycles. The van der Waals surface area contributed by atoms with Gasteiger partial charge in [-0.3, -0.25) is 4.79 Å². The highest BCUT2D eigenvalue weighted by atomic mass is 32.1. The van der Waals surface area contributed by atoms with E-state index in [2.05, 4.69) is 21.3 Å². The van der Waals surface area contributed by atoms with Gasteiger partial charge in [0.25, 0.3) is 0 Å². The van der Waals surface area contributed by atoms with Gasteiger partial charge in [0.05, 0.1) is 21.8 Å². The first-order valence-corrected chi connectivity index (χ1v) is 9.72. The molecule has 0 saturated carbocycles. The van der Waals surface area contributed by atoms with Crippen LogP contribution in [-0.2, 0) is 4.79 Å². The molecule has 5 nitrogen and oxygen atoms in total. The van der Waals surface area contributed by atoms with Gasteiger partial charge >= 0.3 is 0 Å². The lowest BCUT2D eigenvalue weighted by Gasteiger charge is -2.31. The largest absolute Gasteiger partial charge is 0.347 e. The molecule has 4 rings (SSSR count). The third-order valence-corrected chi connectivity index (χ3v) is 6.17. The summed E-state index contributed by atoms with van der Waals surface area (Å²) in [4.78, 5) is 23.8. The Labute approximate surface area is 148 Å². The van der Waals surface area contributed by atoms with Crippen molar-refractivity contribution in [3.63, 3.8) is 0 Å². The number of aromatic nitrogens is 2. The average Bonchev–Trinajstić information content (AvgIpc) is 3.21. The molecule has 1 unspecified atom stereocenters. The van der Waals surface area contributed by atoms with Crippen LogP contribution in [0.15, 0.2) is 29.6 Å². The Morgan fingerprint density at radius 2 is 2.21 bits per heavy atom. The van der Waals surface area contributed by atoms with Gasteiger partial charge in [-0.25, -0.2) is 9.97 Å². The maximum atomic E-state index is 12.5. The summed E-state index contributed by atoms with van der Waals surface area (Å²) in [6, 6.07) is 8.17. The molecule has 1 saturated heterocycles. The molecule has 7 heteroatoms. The average molecular weight is 358 g/mol. The number of nitrogens with one attached hydrogen (secondary N) is 1. The normalized spacial score (nSPS) is 18.0. The van der Waals surface area contributed by atoms with Gasteiger partial charge in [-0.15, -0.1) is 11.3 Å². The number of hydrogen-bond donors (Lipinski definition) is 1. The number of carbonyl (C=O) groups is 1. The molecule has 3 aromatic rings. The molecule has 1 amide bonds. The van der Waals surface area contributed by atoms with E-state index in [-0.39, 0.29) is 11.8 Å². The number of hydrogen-bond acceptors (Lipinski definition) is 6. The minimum Gasteiger partial charge on any atom is -0.347 e. The number of piperidine rings is 1. The van der Waals surface area contributed by atoms with Gasteiger partial charge in [0.1, 0.15) is 0 Å². The summed E-state index contributed by atoms with van der Waals surface area (Å²) >= 11 is 3.17. The van der Waals surface area contributed by atoms with Gasteiger partial charge in [-0.2, -0.15) is 0 Å². The Bertz CT molecular complexity index is 839. The smallest absolute Gasteiger partial charge is 0.231 e. The second-order valence-electron chi connectivity index (χ2n) is 6.03. The Kier molecular flexibility index (Phi) is 4.20. The van der Waals surface area contributed by atoms with E-state index in [4.69, 9.17) is 4.98 Å². The number of thiazole rings is 2. The molecular formula is C17H18N4OS2. The van der Waals surface area contributed by atoms with E-state index in [9.17, 15) is 4.79 Å². The molecule has 124 valence electrons. The van der Waals surface area contributed by atoms with E-state index in [0.717, 1.165) is 42.3 Å². The van der Waals surface area contributed by atoms with Crippen molar-refractivity contribution < 1.29 is 4.79 Å². The molecule has 1 atom stereocenters. The van der Waals surface area contributed by atoms with Crippen LogP contribution < -0.4 is 10.2 Å². The van der Waals surface area contributed by atoms with Crippen molar-refractivity contribution in [1.82, 2.24) is 9.97 Å². The van der Waals surface area contributed by atoms with Crippen molar-refractivity contribution in [2.75, 3.05) is 23.3 Å². The number of rotatable bonds is 3. The summed E-state index contributed by atoms with van der Waals surface area (Å²) in [5.41, 5.74) is 1.97. The molecule has 1 N–H and O–H groups in total. The summed E-state index contributed by atoms with van der Waals surface area (Å²) in [5, 5.41) is 6.61. The molecule has 1 aliphatic rings. The van der Waals surface area contributed by atoms with Crippen LogP contribution in [0.1, 0.15) is 18.5 Å². The lowest BCUT2D eigenvalue weighted by atomic mass is 9.97. The molecular weight excluding hydrogens is 340 g/mol. The summed E-state index contributed by atoms with van der Waals surface area (Å²) < 4.78 is 1.19. The SMILES string of the molecule is Cc1csc(NC(=O)C2CCCN(c3nc4ccccc4s3)C2)n1. The summed E-state index contributed by atoms with van der Waals surface area (Å²) in [6.07, 6.45) is 1.92. The summed E-state index contributed by atoms with van der Waals surface area (Å²) in [6.45, 7) is 3.61. The third kappa shape index (κ3) is 3.14. The molecule has 0 radical (unpaired) electrons. The fourth-order valence-electron chi connectivity index (χ4n) is 2.98. The van der Waals surface area contributed by atoms with E-state index in [1.54, 1.807) is 11.3 Å². The molecule has 0 spiro atoms. The molecule has 1 aromatic carbocycles. The van der Waals surface area contributed by atoms with Gasteiger partial charge in [0, 0.05) is 18.5 Å². The minimum atomic E-state index is -0.0185. The molecule has 1 aliphatic heterocycles. The van der Waals surface area contributed by atoms with Crippen molar-refractivity contribution in [3.05, 3.63) is 35.3 Å². The standard InChI is InChI=1S/C17H18N4OS2/c1-11-10-23-16(18-11)20-15(22)12-5-4-8-21(9-12)17-19-13-6-2-3-7-14(13)24-17/h2-3,6-7,10,12H,4-5,8-9H2,1H3,(H,18,20,22). The monoisotopic (exact) mass is 358 g/mol. The number of aryl methyl sites for hydroxylation is 1. The Morgan fingerprint density at radius 3 is 3.00 bits per heavy atom. The number of para-hydroxylation sites is 1. The second-order valence-corrected chi connectivity index (χ2v) is 7.90. The first-order valence-electron chi connectivity index (χ1n) is 8.02. The summed E-state index contributed by atoms with van der Waals surface area (Å²) in [5.74, 6) is 0.0464. The van der Waals surface area contributed by atoms with E-state index in [1.807, 2.05) is 30.5 Å². The van der Waals surface area contributed by atoms with Crippen LogP contribution in [0, 0.1) is 12.8 Å². The van der Waals surface area contributed by atoms with Crippen molar-refractivity contribution in [1.29, 1.82) is 0 Å². The van der Waals surface area contributed by atoms with Crippen molar-refractivity contribution >= 4 is 49.1 Å². The number of fused-ring (bicyclic) bond motifs is 1. The van der Waals surface area contributed by atoms with Crippen molar-refractivity contribution in [3.8, 4) is 0 Å². The predicted molar refractivity (Wildman–Crippen MR) is 100 cm³/mol. The molecule has 0 bridgehead atoms. The van der Waals surface area contributed by atoms with E-state index in [1.165, 1.54) is 16.0 Å². The Balaban J connectivity index is 1.47. The minimum absolute atomic E-state index is 0.0185. The van der Waals surface area contributed by atoms with Crippen molar-refractivity contribution in [2.24, 2.45) is 5.92 Å². The first kappa shape index (κ1) is 15.5. The van der Waals surface area contributed by atoms with Gasteiger partial charge in [0.2, 0.25) is 5.91 Å². The van der Waals surface area contributed by atoms with E-state index < -0.39 is 0 Å². The van der Waals surface area contributed by atoms with Gasteiger partial charge in [-0.05, 0) is 31.9 Å². The summed E-state index contributed by atoms with van der Waals surface area (Å²) in [7, 11) is 0. The number of amides is 1. The molecule has 1 fully saturated rings. The fraction of sp³-hybridized carbons (Fsp3) is 0.353. The highest BCUT2D eigenvalue weighted by molar-refractivity contribution is 7.22. The quantitative estimate of drug-likeness (QED) is 0.771. The van der Waals surface area contributed by atoms with Crippen LogP contribution in [0.4, 0.5) is 10.3 Å². The Morgan fingerprint density at radius 1 is 1.33 bits per heavy atom. The zero-order chi connectivity index (χ0) is 16.5. The lowest BCUT2D eigenvalue weighted by molar-refractivity contribution is -0.120. The second kappa shape index (κ2) is 6.49. The zero-order valence-corrected chi connectivity index (χ0v) is 15.0. The van der Waals surface area contributed by atoms with Crippen molar-refractivity contribution in [2.45, 2.75) is 19.8 Å². The highest BCUT2D eigenvalue weighted by Crippen LogP contribution is 2.31. The fourth-order valence-corrected chi connectivity index (χ4v) is 4.67. The van der Waals surface area contributed by atoms with Gasteiger partial charge < -0.3 is 10.2 Å². The number of carbonyl (C=O) groups excluding carboxylic acids is 1. The number of anilines is 2. The lowest BCUT2D eigenvalue weighted by Crippen LogP contribution is -2.40. The van der Waals surface area contributed by atoms with Crippen LogP contribution >= 0.6 is 22.7 Å². The van der Waals surface area contributed by atoms with Gasteiger partial charge in [0.15, 0.2) is 10.3 Å². The van der Waals surface area contributed by atoms with Crippen LogP contribution in [0.3, 0.4) is 0 Å². The topological polar surface area (TPSA) is 58.1 Å². The first-order chi connectivity index (χ1) is 11.7. The zero-order valence-electron chi connectivity index (χ0n) is 13.4. The maximum absolute atomic E-state index is 12.5. The molecule has 0 aliphatic carbocycles. The third-order valence-electron chi connectivity index (χ3n) is 4.19. The van der Waals surface area contributed by atoms with Crippen LogP contribution in [0.25, 0.3) is 10.2 Å². The highest BCUT2D eigenvalue weighted by Gasteiger charge is 2.27. The molecule has 3 heterocycles. The number of nitrogens with zero attached hydrogens (tertiary/aromatic N) is 3. The Hall–Kier alpha value is -1.99. The van der Waals surface area contributed by atoms with E-state index in [0.29, 0.717) is 5.13 Å².